The van der Waals surface area contributed by atoms with Crippen LogP contribution in [0.4, 0.5) is 0 Å². The fourth-order valence-corrected chi connectivity index (χ4v) is 11.4. The topological polar surface area (TPSA) is 101 Å². The minimum Gasteiger partial charge on any atom is -0.465 e. The fraction of sp³-hybridized carbons (Fsp3) is 0.429. The van der Waals surface area contributed by atoms with Crippen LogP contribution in [0.2, 0.25) is 0 Å². The van der Waals surface area contributed by atoms with E-state index in [-0.39, 0.29) is 11.4 Å². The molecule has 0 saturated heterocycles. The van der Waals surface area contributed by atoms with E-state index in [1.54, 1.807) is 22.7 Å². The third-order valence-corrected chi connectivity index (χ3v) is 14.1. The van der Waals surface area contributed by atoms with Gasteiger partial charge in [-0.15, -0.1) is 22.7 Å². The zero-order valence-electron chi connectivity index (χ0n) is 28.9. The van der Waals surface area contributed by atoms with Gasteiger partial charge in [-0.25, -0.2) is 30.2 Å². The van der Waals surface area contributed by atoms with Gasteiger partial charge in [-0.3, -0.25) is 0 Å². The van der Waals surface area contributed by atoms with Gasteiger partial charge in [0.25, 0.3) is 11.4 Å². The van der Waals surface area contributed by atoms with Crippen molar-refractivity contribution in [3.8, 4) is 44.8 Å². The molecular weight excluding hydrogens is 685 g/mol. The minimum absolute atomic E-state index is 0.170. The Morgan fingerprint density at radius 3 is 1.44 bits per heavy atom. The lowest BCUT2D eigenvalue weighted by atomic mass is 9.71. The van der Waals surface area contributed by atoms with Gasteiger partial charge in [-0.2, -0.15) is 0 Å². The summed E-state index contributed by atoms with van der Waals surface area (Å²) in [5, 5.41) is 21.0. The van der Waals surface area contributed by atoms with E-state index in [0.717, 1.165) is 132 Å². The highest BCUT2D eigenvalue weighted by Crippen LogP contribution is 2.60. The first-order valence-electron chi connectivity index (χ1n) is 18.5. The molecule has 1 aromatic carbocycles. The molecule has 4 heterocycles. The molecule has 2 spiro atoms. The van der Waals surface area contributed by atoms with Gasteiger partial charge in [-0.05, 0) is 124 Å². The zero-order chi connectivity index (χ0) is 35.5. The summed E-state index contributed by atoms with van der Waals surface area (Å²) in [4.78, 5) is 19.4. The molecule has 0 N–H and O–H groups in total. The number of nitriles is 2. The van der Waals surface area contributed by atoms with Crippen LogP contribution >= 0.6 is 22.7 Å². The van der Waals surface area contributed by atoms with Gasteiger partial charge in [-0.1, -0.05) is 25.0 Å². The van der Waals surface area contributed by atoms with Crippen LogP contribution < -0.4 is 9.47 Å². The number of rotatable bonds is 2. The molecule has 2 saturated carbocycles. The molecule has 10 heteroatoms. The Morgan fingerprint density at radius 2 is 1.06 bits per heavy atom. The summed E-state index contributed by atoms with van der Waals surface area (Å²) in [5.74, 6) is 1.41. The summed E-state index contributed by atoms with van der Waals surface area (Å²) < 4.78 is 14.2. The van der Waals surface area contributed by atoms with Crippen molar-refractivity contribution in [2.24, 2.45) is 0 Å². The van der Waals surface area contributed by atoms with Crippen molar-refractivity contribution in [3.05, 3.63) is 90.8 Å². The summed E-state index contributed by atoms with van der Waals surface area (Å²) >= 11 is 3.34. The maximum absolute atomic E-state index is 9.58. The normalized spacial score (nSPS) is 22.6. The SMILES string of the molecule is [C-]#[N+]/C(C#N)=C1\C=C(c2nc3c(s2)-c2cc4c(cc2C2(CCCCC2)O3)-c2sc(C3=C/C(=C(\C#N)[N+]#[C-])CCC3)nc2OC42CCCCC2)CCC1. The van der Waals surface area contributed by atoms with Crippen LogP contribution in [0.15, 0.2) is 46.8 Å². The van der Waals surface area contributed by atoms with E-state index in [0.29, 0.717) is 11.8 Å². The first kappa shape index (κ1) is 32.9. The van der Waals surface area contributed by atoms with Crippen molar-refractivity contribution in [2.45, 2.75) is 114 Å². The van der Waals surface area contributed by atoms with Gasteiger partial charge < -0.3 is 9.47 Å². The quantitative estimate of drug-likeness (QED) is 0.193. The fourth-order valence-electron chi connectivity index (χ4n) is 9.26. The van der Waals surface area contributed by atoms with Crippen LogP contribution in [0.1, 0.15) is 124 Å². The second-order valence-corrected chi connectivity index (χ2v) is 16.8. The molecule has 0 atom stereocenters. The summed E-state index contributed by atoms with van der Waals surface area (Å²) in [6, 6.07) is 9.01. The Balaban J connectivity index is 1.22. The number of hydrogen-bond acceptors (Lipinski definition) is 8. The summed E-state index contributed by atoms with van der Waals surface area (Å²) in [7, 11) is 0. The van der Waals surface area contributed by atoms with Crippen LogP contribution in [0.5, 0.6) is 11.8 Å². The maximum Gasteiger partial charge on any atom is 0.265 e. The number of benzene rings is 1. The summed E-state index contributed by atoms with van der Waals surface area (Å²) in [6.45, 7) is 15.0. The van der Waals surface area contributed by atoms with Crippen molar-refractivity contribution >= 4 is 33.8 Å². The van der Waals surface area contributed by atoms with E-state index >= 15 is 0 Å². The molecule has 0 bridgehead atoms. The van der Waals surface area contributed by atoms with Gasteiger partial charge in [0.1, 0.15) is 21.2 Å². The highest BCUT2D eigenvalue weighted by molar-refractivity contribution is 7.17. The van der Waals surface area contributed by atoms with Gasteiger partial charge in [0.05, 0.1) is 35.0 Å². The lowest BCUT2D eigenvalue weighted by Gasteiger charge is -2.45. The average Bonchev–Trinajstić information content (AvgIpc) is 3.81. The van der Waals surface area contributed by atoms with Crippen molar-refractivity contribution in [2.75, 3.05) is 0 Å². The smallest absolute Gasteiger partial charge is 0.265 e. The number of fused-ring (bicyclic) bond motifs is 8. The van der Waals surface area contributed by atoms with E-state index in [9.17, 15) is 10.5 Å². The molecule has 3 aromatic rings. The van der Waals surface area contributed by atoms with E-state index in [2.05, 4.69) is 34.0 Å². The second-order valence-electron chi connectivity index (χ2n) is 14.8. The molecule has 2 aliphatic heterocycles. The van der Waals surface area contributed by atoms with E-state index < -0.39 is 11.2 Å². The number of nitrogens with zero attached hydrogens (tertiary/aromatic N) is 6. The third kappa shape index (κ3) is 5.24. The molecule has 9 rings (SSSR count). The largest absolute Gasteiger partial charge is 0.465 e. The van der Waals surface area contributed by atoms with Crippen LogP contribution in [0.3, 0.4) is 0 Å². The molecule has 52 heavy (non-hydrogen) atoms. The molecule has 0 amide bonds. The Kier molecular flexibility index (Phi) is 8.15. The first-order chi connectivity index (χ1) is 25.5. The maximum atomic E-state index is 9.58. The van der Waals surface area contributed by atoms with Crippen LogP contribution in [0, 0.1) is 35.8 Å². The minimum atomic E-state index is -0.462. The predicted molar refractivity (Wildman–Crippen MR) is 202 cm³/mol. The molecular formula is C42H36N6O2S2. The first-order valence-corrected chi connectivity index (χ1v) is 20.1. The molecule has 0 radical (unpaired) electrons. The van der Waals surface area contributed by atoms with Gasteiger partial charge in [0.15, 0.2) is 0 Å². The van der Waals surface area contributed by atoms with Crippen LogP contribution in [0.25, 0.3) is 41.7 Å². The molecule has 2 fully saturated rings. The van der Waals surface area contributed by atoms with E-state index in [1.807, 2.05) is 12.2 Å². The lowest BCUT2D eigenvalue weighted by molar-refractivity contribution is 0.0162. The Bertz CT molecular complexity index is 2130. The number of allylic oxidation sites excluding steroid dienone is 8. The molecule has 0 unspecified atom stereocenters. The molecule has 258 valence electrons. The van der Waals surface area contributed by atoms with Crippen molar-refractivity contribution in [3.63, 3.8) is 0 Å². The molecule has 2 aromatic heterocycles. The Hall–Kier alpha value is -5.00. The Morgan fingerprint density at radius 1 is 0.635 bits per heavy atom. The highest BCUT2D eigenvalue weighted by Gasteiger charge is 2.49. The summed E-state index contributed by atoms with van der Waals surface area (Å²) in [6.07, 6.45) is 19.5. The molecule has 4 aliphatic carbocycles. The zero-order valence-corrected chi connectivity index (χ0v) is 30.6. The Labute approximate surface area is 312 Å². The van der Waals surface area contributed by atoms with Gasteiger partial charge in [0, 0.05) is 22.3 Å². The predicted octanol–water partition coefficient (Wildman–Crippen LogP) is 11.6. The molecule has 6 aliphatic rings. The second kappa shape index (κ2) is 12.9. The van der Waals surface area contributed by atoms with E-state index in [1.165, 1.54) is 35.1 Å². The number of thiazole rings is 2. The van der Waals surface area contributed by atoms with Crippen LogP contribution in [-0.4, -0.2) is 9.97 Å². The standard InChI is InChI=1S/C42H36N6O2S2/c1-45-33(23-43)25-11-9-13-27(19-25)39-47-37-35(51-39)29-21-32-30(22-31(29)41(49-37)15-5-3-6-16-41)36-38(50-42(32)17-7-4-8-18-42)48-40(52-36)28-14-10-12-26(20-28)34(24-44)46-2/h19-22H,3-18H2/b33-25-,34-26+. The van der Waals surface area contributed by atoms with E-state index in [4.69, 9.17) is 32.6 Å². The van der Waals surface area contributed by atoms with Crippen molar-refractivity contribution in [1.29, 1.82) is 10.5 Å². The number of hydrogen-bond donors (Lipinski definition) is 0. The monoisotopic (exact) mass is 720 g/mol. The lowest BCUT2D eigenvalue weighted by Crippen LogP contribution is -2.40. The van der Waals surface area contributed by atoms with Crippen molar-refractivity contribution in [1.82, 2.24) is 9.97 Å². The third-order valence-electron chi connectivity index (χ3n) is 11.8. The van der Waals surface area contributed by atoms with Crippen molar-refractivity contribution < 1.29 is 9.47 Å². The summed E-state index contributed by atoms with van der Waals surface area (Å²) in [5.41, 5.74) is 8.03. The number of ether oxygens (including phenoxy) is 2. The van der Waals surface area contributed by atoms with Gasteiger partial charge in [0.2, 0.25) is 11.8 Å². The van der Waals surface area contributed by atoms with Gasteiger partial charge >= 0.3 is 0 Å². The number of aromatic nitrogens is 2. The highest BCUT2D eigenvalue weighted by atomic mass is 32.1. The average molecular weight is 721 g/mol. The molecule has 8 nitrogen and oxygen atoms in total. The van der Waals surface area contributed by atoms with Crippen LogP contribution in [-0.2, 0) is 11.2 Å².